The zero-order chi connectivity index (χ0) is 47.4. The topological polar surface area (TPSA) is 56.7 Å². The van der Waals surface area contributed by atoms with Gasteiger partial charge in [-0.25, -0.2) is 15.0 Å². The molecule has 11 rings (SSSR count). The Bertz CT molecular complexity index is 3900. The van der Waals surface area contributed by atoms with E-state index in [9.17, 15) is 4.11 Å². The van der Waals surface area contributed by atoms with E-state index in [-0.39, 0.29) is 33.4 Å². The molecule has 0 aliphatic carbocycles. The number of aromatic nitrogens is 4. The first-order chi connectivity index (χ1) is 32.7. The lowest BCUT2D eigenvalue weighted by molar-refractivity contribution is 0.669. The smallest absolute Gasteiger partial charge is 0.164 e. The number of benzene rings is 8. The molecule has 0 fully saturated rings. The quantitative estimate of drug-likeness (QED) is 0.171. The average Bonchev–Trinajstić information content (AvgIpc) is 3.93. The molecule has 0 aliphatic heterocycles. The fourth-order valence-corrected chi connectivity index (χ4v) is 7.18. The van der Waals surface area contributed by atoms with Gasteiger partial charge in [0.05, 0.1) is 27.5 Å². The van der Waals surface area contributed by atoms with E-state index in [1.54, 1.807) is 24.3 Å². The molecular formula is C51H32N4O. The maximum absolute atomic E-state index is 9.63. The van der Waals surface area contributed by atoms with Crippen LogP contribution in [0.5, 0.6) is 0 Å². The van der Waals surface area contributed by atoms with Crippen molar-refractivity contribution >= 4 is 43.7 Å². The van der Waals surface area contributed by atoms with Crippen LogP contribution in [-0.4, -0.2) is 19.5 Å². The molecule has 11 aromatic rings. The van der Waals surface area contributed by atoms with Crippen molar-refractivity contribution in [1.29, 1.82) is 0 Å². The molecule has 0 radical (unpaired) electrons. The van der Waals surface area contributed by atoms with Crippen LogP contribution in [0, 0.1) is 0 Å². The van der Waals surface area contributed by atoms with Crippen LogP contribution in [0.3, 0.4) is 0 Å². The van der Waals surface area contributed by atoms with Crippen LogP contribution in [0.15, 0.2) is 198 Å². The van der Waals surface area contributed by atoms with Crippen LogP contribution in [0.25, 0.3) is 106 Å². The van der Waals surface area contributed by atoms with Gasteiger partial charge < -0.3 is 8.98 Å². The number of rotatable bonds is 6. The zero-order valence-electron chi connectivity index (χ0n) is 41.2. The summed E-state index contributed by atoms with van der Waals surface area (Å²) in [4.78, 5) is 15.0. The Labute approximate surface area is 339 Å². The Morgan fingerprint density at radius 1 is 0.411 bits per heavy atom. The van der Waals surface area contributed by atoms with E-state index < -0.39 is 72.2 Å². The Morgan fingerprint density at radius 2 is 1.00 bits per heavy atom. The molecule has 0 spiro atoms. The summed E-state index contributed by atoms with van der Waals surface area (Å²) in [6.07, 6.45) is 0. The second-order valence-electron chi connectivity index (χ2n) is 13.1. The van der Waals surface area contributed by atoms with Gasteiger partial charge in [0.2, 0.25) is 0 Å². The fraction of sp³-hybridized carbons (Fsp3) is 0. The minimum atomic E-state index is -0.706. The number of hydrogen-bond acceptors (Lipinski definition) is 4. The molecular weight excluding hydrogens is 685 g/mol. The normalized spacial score (nSPS) is 14.6. The van der Waals surface area contributed by atoms with Gasteiger partial charge >= 0.3 is 0 Å². The highest BCUT2D eigenvalue weighted by Gasteiger charge is 2.18. The van der Waals surface area contributed by atoms with Gasteiger partial charge in [0, 0.05) is 43.9 Å². The van der Waals surface area contributed by atoms with E-state index in [0.717, 1.165) is 37.6 Å². The molecule has 0 saturated carbocycles. The highest BCUT2D eigenvalue weighted by atomic mass is 16.3. The van der Waals surface area contributed by atoms with Crippen molar-refractivity contribution in [3.8, 4) is 62.1 Å². The van der Waals surface area contributed by atoms with E-state index in [1.807, 2.05) is 97.1 Å². The molecule has 56 heavy (non-hydrogen) atoms. The number of furan rings is 1. The molecule has 262 valence electrons. The Balaban J connectivity index is 1.10. The Kier molecular flexibility index (Phi) is 5.10. The molecule has 5 nitrogen and oxygen atoms in total. The minimum absolute atomic E-state index is 0.0318. The molecule has 0 saturated heterocycles. The van der Waals surface area contributed by atoms with Crippen molar-refractivity contribution in [2.45, 2.75) is 0 Å². The molecule has 3 heterocycles. The van der Waals surface area contributed by atoms with Crippen molar-refractivity contribution in [2.75, 3.05) is 0 Å². The van der Waals surface area contributed by atoms with Crippen molar-refractivity contribution in [2.24, 2.45) is 0 Å². The standard InChI is InChI=1S/C51H32N4O/c1-3-12-33(13-4-1)34-22-26-36(27-23-34)49-52-50(54-51(53-49)42-18-11-21-47-48(42)41-17-8-10-20-46(41)56-47)37-28-24-35(25-29-37)38-30-31-45-43(32-38)40-16-7-9-19-44(40)55(45)39-14-5-2-6-15-39/h1-32H/i2D,5D,6D,7D,9D,14D,15D,16D,19D,30D,31D,32D. The second-order valence-corrected chi connectivity index (χ2v) is 13.1. The van der Waals surface area contributed by atoms with E-state index in [0.29, 0.717) is 39.8 Å². The van der Waals surface area contributed by atoms with E-state index in [1.165, 1.54) is 0 Å². The van der Waals surface area contributed by atoms with Crippen LogP contribution in [0.4, 0.5) is 0 Å². The number of nitrogens with zero attached hydrogens (tertiary/aromatic N) is 4. The highest BCUT2D eigenvalue weighted by molar-refractivity contribution is 6.12. The molecule has 0 atom stereocenters. The molecule has 0 unspecified atom stereocenters. The third kappa shape index (κ3) is 5.37. The molecule has 0 bridgehead atoms. The first-order valence-corrected chi connectivity index (χ1v) is 17.8. The van der Waals surface area contributed by atoms with Crippen LogP contribution in [0.1, 0.15) is 16.4 Å². The molecule has 0 N–H and O–H groups in total. The van der Waals surface area contributed by atoms with Crippen molar-refractivity contribution in [3.05, 3.63) is 194 Å². The van der Waals surface area contributed by atoms with Crippen molar-refractivity contribution in [3.63, 3.8) is 0 Å². The van der Waals surface area contributed by atoms with Gasteiger partial charge in [-0.1, -0.05) is 151 Å². The van der Waals surface area contributed by atoms with E-state index in [2.05, 4.69) is 0 Å². The van der Waals surface area contributed by atoms with Crippen LogP contribution < -0.4 is 0 Å². The van der Waals surface area contributed by atoms with Crippen LogP contribution in [0.2, 0.25) is 0 Å². The lowest BCUT2D eigenvalue weighted by Gasteiger charge is -2.11. The third-order valence-electron chi connectivity index (χ3n) is 9.83. The van der Waals surface area contributed by atoms with Gasteiger partial charge in [-0.3, -0.25) is 0 Å². The molecule has 5 heteroatoms. The summed E-state index contributed by atoms with van der Waals surface area (Å²) in [6.45, 7) is 0. The predicted octanol–water partition coefficient (Wildman–Crippen LogP) is 13.2. The summed E-state index contributed by atoms with van der Waals surface area (Å²) in [5.74, 6) is 1.12. The number of para-hydroxylation sites is 3. The first kappa shape index (κ1) is 21.9. The molecule has 3 aromatic heterocycles. The number of fused-ring (bicyclic) bond motifs is 6. The Hall–Kier alpha value is -7.63. The largest absolute Gasteiger partial charge is 0.456 e. The van der Waals surface area contributed by atoms with Crippen molar-refractivity contribution in [1.82, 2.24) is 19.5 Å². The minimum Gasteiger partial charge on any atom is -0.456 e. The highest BCUT2D eigenvalue weighted by Crippen LogP contribution is 2.38. The second kappa shape index (κ2) is 13.0. The summed E-state index contributed by atoms with van der Waals surface area (Å²) in [7, 11) is 0. The summed E-state index contributed by atoms with van der Waals surface area (Å²) < 4.78 is 113. The van der Waals surface area contributed by atoms with Gasteiger partial charge in [-0.05, 0) is 64.6 Å². The zero-order valence-corrected chi connectivity index (χ0v) is 29.2. The molecule has 0 aliphatic rings. The summed E-state index contributed by atoms with van der Waals surface area (Å²) in [6, 6.07) is 30.8. The van der Waals surface area contributed by atoms with Gasteiger partial charge in [-0.15, -0.1) is 0 Å². The van der Waals surface area contributed by atoms with Gasteiger partial charge in [-0.2, -0.15) is 0 Å². The van der Waals surface area contributed by atoms with Crippen LogP contribution >= 0.6 is 0 Å². The Morgan fingerprint density at radius 3 is 1.77 bits per heavy atom. The van der Waals surface area contributed by atoms with Gasteiger partial charge in [0.25, 0.3) is 0 Å². The number of hydrogen-bond donors (Lipinski definition) is 0. The van der Waals surface area contributed by atoms with Crippen LogP contribution in [-0.2, 0) is 0 Å². The SMILES string of the molecule is [2H]c1c([2H])c([2H])c(-n2c3c([2H])c([2H])c([2H])c([2H])c3c3c([2H])c(-c4ccc(-c5nc(-c6ccc(-c7ccccc7)cc6)nc(-c6cccc7oc8ccccc8c67)n5)cc4)c([2H])c([2H])c32)c([2H])c1[2H]. The van der Waals surface area contributed by atoms with Gasteiger partial charge in [0.15, 0.2) is 17.5 Å². The fourth-order valence-electron chi connectivity index (χ4n) is 7.18. The molecule has 0 amide bonds. The predicted molar refractivity (Wildman–Crippen MR) is 229 cm³/mol. The van der Waals surface area contributed by atoms with Crippen molar-refractivity contribution < 1.29 is 20.9 Å². The first-order valence-electron chi connectivity index (χ1n) is 23.8. The maximum atomic E-state index is 9.63. The molecule has 8 aromatic carbocycles. The third-order valence-corrected chi connectivity index (χ3v) is 9.83. The van der Waals surface area contributed by atoms with Gasteiger partial charge in [0.1, 0.15) is 11.2 Å². The maximum Gasteiger partial charge on any atom is 0.164 e. The lowest BCUT2D eigenvalue weighted by Crippen LogP contribution is -2.00. The van der Waals surface area contributed by atoms with E-state index in [4.69, 9.17) is 31.7 Å². The van der Waals surface area contributed by atoms with E-state index >= 15 is 0 Å². The summed E-state index contributed by atoms with van der Waals surface area (Å²) in [5, 5.41) is 1.39. The lowest BCUT2D eigenvalue weighted by atomic mass is 10.0. The monoisotopic (exact) mass is 728 g/mol. The summed E-state index contributed by atoms with van der Waals surface area (Å²) >= 11 is 0. The average molecular weight is 729 g/mol. The summed E-state index contributed by atoms with van der Waals surface area (Å²) in [5.41, 5.74) is 4.72.